The van der Waals surface area contributed by atoms with Crippen molar-refractivity contribution >= 4 is 31.9 Å². The molecule has 1 amide bonds. The van der Waals surface area contributed by atoms with Crippen molar-refractivity contribution in [1.82, 2.24) is 14.7 Å². The molecular weight excluding hydrogens is 432 g/mol. The lowest BCUT2D eigenvalue weighted by molar-refractivity contribution is 0.0784. The van der Waals surface area contributed by atoms with Gasteiger partial charge in [-0.05, 0) is 46.3 Å². The molecule has 0 fully saturated rings. The highest BCUT2D eigenvalue weighted by molar-refractivity contribution is 9.10. The second kappa shape index (κ2) is 7.63. The van der Waals surface area contributed by atoms with Crippen LogP contribution < -0.4 is 5.14 Å². The van der Waals surface area contributed by atoms with Gasteiger partial charge in [-0.15, -0.1) is 0 Å². The molecule has 0 bridgehead atoms. The van der Waals surface area contributed by atoms with Crippen LogP contribution in [0.1, 0.15) is 15.9 Å². The number of nitrogens with two attached hydrogens (primary N) is 1. The summed E-state index contributed by atoms with van der Waals surface area (Å²) in [5.41, 5.74) is 1.98. The number of sulfonamides is 1. The second-order valence-corrected chi connectivity index (χ2v) is 8.39. The van der Waals surface area contributed by atoms with E-state index in [-0.39, 0.29) is 16.4 Å². The molecule has 7 nitrogen and oxygen atoms in total. The van der Waals surface area contributed by atoms with E-state index in [1.165, 1.54) is 23.1 Å². The molecule has 27 heavy (non-hydrogen) atoms. The van der Waals surface area contributed by atoms with Gasteiger partial charge in [-0.2, -0.15) is 5.10 Å². The molecule has 3 rings (SSSR count). The molecule has 0 aliphatic heterocycles. The summed E-state index contributed by atoms with van der Waals surface area (Å²) in [6.45, 7) is 0.317. The van der Waals surface area contributed by atoms with Gasteiger partial charge < -0.3 is 4.90 Å². The van der Waals surface area contributed by atoms with Crippen LogP contribution in [0.2, 0.25) is 0 Å². The topological polar surface area (TPSA) is 98.3 Å². The molecule has 0 atom stereocenters. The molecule has 0 saturated carbocycles. The van der Waals surface area contributed by atoms with Gasteiger partial charge >= 0.3 is 0 Å². The first-order valence-corrected chi connectivity index (χ1v) is 10.3. The van der Waals surface area contributed by atoms with Gasteiger partial charge in [-0.25, -0.2) is 18.2 Å². The van der Waals surface area contributed by atoms with Crippen LogP contribution in [0.3, 0.4) is 0 Å². The quantitative estimate of drug-likeness (QED) is 0.647. The maximum Gasteiger partial charge on any atom is 0.255 e. The van der Waals surface area contributed by atoms with E-state index >= 15 is 0 Å². The molecule has 1 heterocycles. The molecule has 2 N–H and O–H groups in total. The number of amides is 1. The highest BCUT2D eigenvalue weighted by atomic mass is 79.9. The van der Waals surface area contributed by atoms with Gasteiger partial charge in [0.15, 0.2) is 0 Å². The fourth-order valence-corrected chi connectivity index (χ4v) is 3.52. The second-order valence-electron chi connectivity index (χ2n) is 5.98. The molecule has 2 aromatic carbocycles. The summed E-state index contributed by atoms with van der Waals surface area (Å²) >= 11 is 3.29. The minimum Gasteiger partial charge on any atom is -0.337 e. The molecule has 3 aromatic rings. The number of benzene rings is 2. The van der Waals surface area contributed by atoms with E-state index in [4.69, 9.17) is 5.14 Å². The zero-order valence-electron chi connectivity index (χ0n) is 14.4. The summed E-state index contributed by atoms with van der Waals surface area (Å²) in [5.74, 6) is -0.333. The Morgan fingerprint density at radius 3 is 2.59 bits per heavy atom. The highest BCUT2D eigenvalue weighted by Crippen LogP contribution is 2.22. The van der Waals surface area contributed by atoms with Crippen LogP contribution in [-0.2, 0) is 16.6 Å². The first kappa shape index (κ1) is 19.3. The maximum atomic E-state index is 12.8. The van der Waals surface area contributed by atoms with Gasteiger partial charge in [0.25, 0.3) is 5.91 Å². The van der Waals surface area contributed by atoms with Gasteiger partial charge in [0, 0.05) is 29.8 Å². The molecule has 0 radical (unpaired) electrons. The van der Waals surface area contributed by atoms with E-state index in [9.17, 15) is 13.2 Å². The largest absolute Gasteiger partial charge is 0.337 e. The van der Waals surface area contributed by atoms with Gasteiger partial charge in [-0.1, -0.05) is 18.2 Å². The van der Waals surface area contributed by atoms with Crippen molar-refractivity contribution in [2.75, 3.05) is 7.05 Å². The Morgan fingerprint density at radius 1 is 1.22 bits per heavy atom. The Bertz CT molecular complexity index is 1080. The van der Waals surface area contributed by atoms with E-state index in [2.05, 4.69) is 21.0 Å². The van der Waals surface area contributed by atoms with Crippen molar-refractivity contribution in [2.45, 2.75) is 11.4 Å². The van der Waals surface area contributed by atoms with Gasteiger partial charge in [0.2, 0.25) is 10.0 Å². The molecular formula is C18H17BrN4O3S. The minimum atomic E-state index is -3.89. The summed E-state index contributed by atoms with van der Waals surface area (Å²) in [5, 5.41) is 9.46. The number of hydrogen-bond acceptors (Lipinski definition) is 4. The number of primary sulfonamides is 1. The number of carbonyl (C=O) groups is 1. The Morgan fingerprint density at radius 2 is 1.93 bits per heavy atom. The predicted octanol–water partition coefficient (Wildman–Crippen LogP) is 2.55. The summed E-state index contributed by atoms with van der Waals surface area (Å²) in [7, 11) is -2.26. The first-order valence-electron chi connectivity index (χ1n) is 7.92. The zero-order chi connectivity index (χ0) is 19.6. The van der Waals surface area contributed by atoms with Crippen molar-refractivity contribution in [1.29, 1.82) is 0 Å². The highest BCUT2D eigenvalue weighted by Gasteiger charge is 2.19. The maximum absolute atomic E-state index is 12.8. The standard InChI is InChI=1S/C18H17BrN4O3S/c1-22(11-13-10-21-23(12-13)14-5-3-2-4-6-14)18(24)16-9-15(27(20,25)26)7-8-17(16)19/h2-10,12H,11H2,1H3,(H2,20,25,26). The van der Waals surface area contributed by atoms with Crippen molar-refractivity contribution in [2.24, 2.45) is 5.14 Å². The van der Waals surface area contributed by atoms with Gasteiger partial charge in [0.05, 0.1) is 22.3 Å². The van der Waals surface area contributed by atoms with E-state index < -0.39 is 10.0 Å². The minimum absolute atomic E-state index is 0.112. The third-order valence-corrected chi connectivity index (χ3v) is 5.52. The number of rotatable bonds is 5. The van der Waals surface area contributed by atoms with Gasteiger partial charge in [-0.3, -0.25) is 4.79 Å². The lowest BCUT2D eigenvalue weighted by Gasteiger charge is -2.17. The van der Waals surface area contributed by atoms with Crippen LogP contribution in [0.5, 0.6) is 0 Å². The number of halogens is 1. The third kappa shape index (κ3) is 4.44. The van der Waals surface area contributed by atoms with Crippen molar-refractivity contribution in [3.63, 3.8) is 0 Å². The Balaban J connectivity index is 1.80. The molecule has 0 spiro atoms. The molecule has 0 aliphatic carbocycles. The Kier molecular flexibility index (Phi) is 5.45. The van der Waals surface area contributed by atoms with Crippen LogP contribution in [-0.4, -0.2) is 36.1 Å². The first-order chi connectivity index (χ1) is 12.8. The monoisotopic (exact) mass is 448 g/mol. The molecule has 140 valence electrons. The molecule has 0 saturated heterocycles. The van der Waals surface area contributed by atoms with Crippen molar-refractivity contribution in [3.8, 4) is 5.69 Å². The van der Waals surface area contributed by atoms with E-state index in [1.807, 2.05) is 36.5 Å². The van der Waals surface area contributed by atoms with Crippen LogP contribution in [0.25, 0.3) is 5.69 Å². The summed E-state index contributed by atoms with van der Waals surface area (Å²) in [6, 6.07) is 13.7. The van der Waals surface area contributed by atoms with E-state index in [1.54, 1.807) is 17.9 Å². The predicted molar refractivity (Wildman–Crippen MR) is 105 cm³/mol. The normalized spacial score (nSPS) is 11.4. The Hall–Kier alpha value is -2.49. The average molecular weight is 449 g/mol. The van der Waals surface area contributed by atoms with Gasteiger partial charge in [0.1, 0.15) is 0 Å². The number of nitrogens with zero attached hydrogens (tertiary/aromatic N) is 3. The smallest absolute Gasteiger partial charge is 0.255 e. The van der Waals surface area contributed by atoms with Crippen molar-refractivity contribution in [3.05, 3.63) is 76.5 Å². The average Bonchev–Trinajstić information content (AvgIpc) is 3.09. The summed E-state index contributed by atoms with van der Waals surface area (Å²) < 4.78 is 25.3. The van der Waals surface area contributed by atoms with Crippen LogP contribution in [0.4, 0.5) is 0 Å². The third-order valence-electron chi connectivity index (χ3n) is 3.92. The number of hydrogen-bond donors (Lipinski definition) is 1. The van der Waals surface area contributed by atoms with Crippen LogP contribution in [0.15, 0.2) is 70.3 Å². The lowest BCUT2D eigenvalue weighted by atomic mass is 10.2. The lowest BCUT2D eigenvalue weighted by Crippen LogP contribution is -2.26. The SMILES string of the molecule is CN(Cc1cnn(-c2ccccc2)c1)C(=O)c1cc(S(N)(=O)=O)ccc1Br. The summed E-state index contributed by atoms with van der Waals surface area (Å²) in [6.07, 6.45) is 3.53. The molecule has 1 aromatic heterocycles. The Labute approximate surface area is 165 Å². The zero-order valence-corrected chi connectivity index (χ0v) is 16.8. The molecule has 9 heteroatoms. The van der Waals surface area contributed by atoms with Crippen LogP contribution in [0, 0.1) is 0 Å². The number of carbonyl (C=O) groups excluding carboxylic acids is 1. The van der Waals surface area contributed by atoms with Crippen LogP contribution >= 0.6 is 15.9 Å². The van der Waals surface area contributed by atoms with E-state index in [0.29, 0.717) is 11.0 Å². The van der Waals surface area contributed by atoms with E-state index in [0.717, 1.165) is 11.3 Å². The fraction of sp³-hybridized carbons (Fsp3) is 0.111. The van der Waals surface area contributed by atoms with Crippen molar-refractivity contribution < 1.29 is 13.2 Å². The number of para-hydroxylation sites is 1. The number of aromatic nitrogens is 2. The fourth-order valence-electron chi connectivity index (χ4n) is 2.56. The summed E-state index contributed by atoms with van der Waals surface area (Å²) in [4.78, 5) is 14.1. The molecule has 0 unspecified atom stereocenters. The molecule has 0 aliphatic rings.